The van der Waals surface area contributed by atoms with Crippen LogP contribution in [0.3, 0.4) is 0 Å². The van der Waals surface area contributed by atoms with Crippen molar-refractivity contribution < 1.29 is 14.0 Å². The van der Waals surface area contributed by atoms with Crippen molar-refractivity contribution in [2.75, 3.05) is 32.7 Å². The lowest BCUT2D eigenvalue weighted by Gasteiger charge is -2.26. The van der Waals surface area contributed by atoms with Crippen LogP contribution in [0.2, 0.25) is 0 Å². The zero-order chi connectivity index (χ0) is 20.5. The fourth-order valence-corrected chi connectivity index (χ4v) is 4.03. The molecule has 8 nitrogen and oxygen atoms in total. The number of nitrogens with zero attached hydrogens (tertiary/aromatic N) is 2. The van der Waals surface area contributed by atoms with E-state index in [1.165, 1.54) is 25.5 Å². The van der Waals surface area contributed by atoms with E-state index in [2.05, 4.69) is 20.9 Å². The summed E-state index contributed by atoms with van der Waals surface area (Å²) in [7, 11) is 0. The summed E-state index contributed by atoms with van der Waals surface area (Å²) in [5.74, 6) is 1.33. The summed E-state index contributed by atoms with van der Waals surface area (Å²) >= 11 is 0. The van der Waals surface area contributed by atoms with E-state index < -0.39 is 0 Å². The van der Waals surface area contributed by atoms with Crippen LogP contribution in [0, 0.1) is 5.92 Å². The van der Waals surface area contributed by atoms with E-state index in [0.717, 1.165) is 44.9 Å². The number of hydrogen-bond acceptors (Lipinski definition) is 4. The quantitative estimate of drug-likeness (QED) is 0.217. The number of guanidine groups is 1. The Morgan fingerprint density at radius 1 is 1.20 bits per heavy atom. The largest absolute Gasteiger partial charge is 0.459 e. The first-order valence-electron chi connectivity index (χ1n) is 10.8. The Hall–Kier alpha value is -1.78. The molecule has 0 radical (unpaired) electrons. The van der Waals surface area contributed by atoms with E-state index in [1.807, 2.05) is 11.8 Å². The molecule has 168 valence electrons. The number of likely N-dealkylation sites (tertiary alicyclic amines) is 1. The molecular formula is C21H34IN5O3. The fourth-order valence-electron chi connectivity index (χ4n) is 4.03. The second-order valence-corrected chi connectivity index (χ2v) is 7.74. The first-order valence-corrected chi connectivity index (χ1v) is 10.8. The minimum absolute atomic E-state index is 0. The molecule has 2 aliphatic rings. The molecule has 3 N–H and O–H groups in total. The molecule has 1 unspecified atom stereocenters. The molecule has 2 amide bonds. The smallest absolute Gasteiger partial charge is 0.287 e. The third kappa shape index (κ3) is 7.17. The van der Waals surface area contributed by atoms with Gasteiger partial charge in [-0.3, -0.25) is 14.6 Å². The predicted molar refractivity (Wildman–Crippen MR) is 127 cm³/mol. The van der Waals surface area contributed by atoms with E-state index in [4.69, 9.17) is 4.42 Å². The van der Waals surface area contributed by atoms with Crippen LogP contribution in [0.15, 0.2) is 27.8 Å². The zero-order valence-electron chi connectivity index (χ0n) is 17.7. The Kier molecular flexibility index (Phi) is 10.5. The van der Waals surface area contributed by atoms with Crippen molar-refractivity contribution in [3.8, 4) is 0 Å². The van der Waals surface area contributed by atoms with Crippen LogP contribution in [-0.2, 0) is 4.79 Å². The van der Waals surface area contributed by atoms with Crippen molar-refractivity contribution in [2.45, 2.75) is 51.5 Å². The molecule has 9 heteroatoms. The minimum atomic E-state index is -0.240. The molecular weight excluding hydrogens is 497 g/mol. The van der Waals surface area contributed by atoms with Crippen molar-refractivity contribution in [2.24, 2.45) is 10.9 Å². The van der Waals surface area contributed by atoms with Crippen LogP contribution < -0.4 is 16.0 Å². The van der Waals surface area contributed by atoms with Crippen molar-refractivity contribution in [1.29, 1.82) is 0 Å². The number of halogens is 1. The second-order valence-electron chi connectivity index (χ2n) is 7.74. The summed E-state index contributed by atoms with van der Waals surface area (Å²) in [6, 6.07) is 3.52. The van der Waals surface area contributed by atoms with Gasteiger partial charge in [-0.1, -0.05) is 19.3 Å². The van der Waals surface area contributed by atoms with Gasteiger partial charge in [-0.2, -0.15) is 0 Å². The highest BCUT2D eigenvalue weighted by Crippen LogP contribution is 2.26. The van der Waals surface area contributed by atoms with Gasteiger partial charge in [-0.05, 0) is 38.3 Å². The van der Waals surface area contributed by atoms with Gasteiger partial charge in [0, 0.05) is 38.1 Å². The summed E-state index contributed by atoms with van der Waals surface area (Å²) in [5, 5.41) is 9.46. The van der Waals surface area contributed by atoms with Gasteiger partial charge in [0.2, 0.25) is 5.91 Å². The molecule has 0 spiro atoms. The molecule has 2 fully saturated rings. The van der Waals surface area contributed by atoms with Crippen LogP contribution in [0.1, 0.15) is 56.0 Å². The molecule has 1 atom stereocenters. The summed E-state index contributed by atoms with van der Waals surface area (Å²) in [5.41, 5.74) is 0. The Labute approximate surface area is 195 Å². The lowest BCUT2D eigenvalue weighted by atomic mass is 9.88. The SMILES string of the molecule is CCNC(=NCCNC(=O)c1ccco1)NC1CCN(C(=O)C2CCCCC2)C1.I. The van der Waals surface area contributed by atoms with E-state index in [1.54, 1.807) is 12.1 Å². The molecule has 1 saturated carbocycles. The Morgan fingerprint density at radius 2 is 2.00 bits per heavy atom. The first kappa shape index (κ1) is 24.5. The topological polar surface area (TPSA) is 99.0 Å². The zero-order valence-corrected chi connectivity index (χ0v) is 20.0. The fraction of sp³-hybridized carbons (Fsp3) is 0.667. The average molecular weight is 531 g/mol. The lowest BCUT2D eigenvalue weighted by Crippen LogP contribution is -2.46. The number of furan rings is 1. The molecule has 1 aromatic heterocycles. The number of amides is 2. The van der Waals surface area contributed by atoms with Gasteiger partial charge in [-0.25, -0.2) is 0 Å². The highest BCUT2D eigenvalue weighted by molar-refractivity contribution is 14.0. The number of carbonyl (C=O) groups is 2. The van der Waals surface area contributed by atoms with Crippen LogP contribution >= 0.6 is 24.0 Å². The van der Waals surface area contributed by atoms with Crippen molar-refractivity contribution in [3.63, 3.8) is 0 Å². The van der Waals surface area contributed by atoms with Gasteiger partial charge >= 0.3 is 0 Å². The summed E-state index contributed by atoms with van der Waals surface area (Å²) in [6.45, 7) is 5.19. The Balaban J connectivity index is 0.00000320. The van der Waals surface area contributed by atoms with Crippen LogP contribution in [0.4, 0.5) is 0 Å². The second kappa shape index (κ2) is 12.8. The van der Waals surface area contributed by atoms with Crippen LogP contribution in [-0.4, -0.2) is 61.4 Å². The average Bonchev–Trinajstić information content (AvgIpc) is 3.43. The normalized spacial score (nSPS) is 19.8. The summed E-state index contributed by atoms with van der Waals surface area (Å²) in [6.07, 6.45) is 8.11. The molecule has 2 heterocycles. The minimum Gasteiger partial charge on any atom is -0.459 e. The van der Waals surface area contributed by atoms with Crippen molar-refractivity contribution >= 4 is 41.8 Å². The summed E-state index contributed by atoms with van der Waals surface area (Å²) in [4.78, 5) is 31.1. The van der Waals surface area contributed by atoms with Gasteiger partial charge < -0.3 is 25.3 Å². The standard InChI is InChI=1S/C21H33N5O3.HI/c1-2-22-21(24-12-11-23-19(27)18-9-6-14-29-18)25-17-10-13-26(15-17)20(28)16-7-4-3-5-8-16;/h6,9,14,16-17H,2-5,7-8,10-13,15H2,1H3,(H,23,27)(H2,22,24,25);1H. The van der Waals surface area contributed by atoms with Crippen LogP contribution in [0.25, 0.3) is 0 Å². The maximum absolute atomic E-state index is 12.7. The van der Waals surface area contributed by atoms with Crippen LogP contribution in [0.5, 0.6) is 0 Å². The number of carbonyl (C=O) groups excluding carboxylic acids is 2. The molecule has 30 heavy (non-hydrogen) atoms. The highest BCUT2D eigenvalue weighted by atomic mass is 127. The lowest BCUT2D eigenvalue weighted by molar-refractivity contribution is -0.135. The van der Waals surface area contributed by atoms with Gasteiger partial charge in [-0.15, -0.1) is 24.0 Å². The van der Waals surface area contributed by atoms with Gasteiger partial charge in [0.05, 0.1) is 12.8 Å². The Bertz CT molecular complexity index is 689. The molecule has 1 aromatic rings. The van der Waals surface area contributed by atoms with Gasteiger partial charge in [0.25, 0.3) is 5.91 Å². The van der Waals surface area contributed by atoms with E-state index in [-0.39, 0.29) is 41.8 Å². The number of nitrogens with one attached hydrogen (secondary N) is 3. The highest BCUT2D eigenvalue weighted by Gasteiger charge is 2.31. The summed E-state index contributed by atoms with van der Waals surface area (Å²) < 4.78 is 5.07. The maximum Gasteiger partial charge on any atom is 0.287 e. The van der Waals surface area contributed by atoms with Gasteiger partial charge in [0.1, 0.15) is 0 Å². The van der Waals surface area contributed by atoms with E-state index >= 15 is 0 Å². The van der Waals surface area contributed by atoms with E-state index in [9.17, 15) is 9.59 Å². The number of aliphatic imine (C=N–C) groups is 1. The molecule has 1 aliphatic heterocycles. The monoisotopic (exact) mass is 531 g/mol. The molecule has 0 bridgehead atoms. The maximum atomic E-state index is 12.7. The molecule has 0 aromatic carbocycles. The first-order chi connectivity index (χ1) is 14.2. The third-order valence-corrected chi connectivity index (χ3v) is 5.55. The third-order valence-electron chi connectivity index (χ3n) is 5.55. The molecule has 1 saturated heterocycles. The van der Waals surface area contributed by atoms with E-state index in [0.29, 0.717) is 24.8 Å². The van der Waals surface area contributed by atoms with Crippen molar-refractivity contribution in [3.05, 3.63) is 24.2 Å². The predicted octanol–water partition coefficient (Wildman–Crippen LogP) is 2.36. The molecule has 1 aliphatic carbocycles. The Morgan fingerprint density at radius 3 is 2.70 bits per heavy atom. The number of hydrogen-bond donors (Lipinski definition) is 3. The van der Waals surface area contributed by atoms with Crippen molar-refractivity contribution in [1.82, 2.24) is 20.9 Å². The number of rotatable bonds is 7. The van der Waals surface area contributed by atoms with Gasteiger partial charge in [0.15, 0.2) is 11.7 Å². The molecule has 3 rings (SSSR count).